The topological polar surface area (TPSA) is 86.9 Å². The third kappa shape index (κ3) is 1.75. The quantitative estimate of drug-likeness (QED) is 0.628. The number of nitrogens with two attached hydrogens (primary N) is 2. The largest absolute Gasteiger partial charge is 0.381 e. The highest BCUT2D eigenvalue weighted by Gasteiger charge is 2.19. The Morgan fingerprint density at radius 2 is 2.27 bits per heavy atom. The first-order valence-corrected chi connectivity index (χ1v) is 4.56. The number of anilines is 1. The van der Waals surface area contributed by atoms with Gasteiger partial charge < -0.3 is 11.5 Å². The second-order valence-electron chi connectivity index (χ2n) is 3.52. The molecule has 1 heterocycles. The summed E-state index contributed by atoms with van der Waals surface area (Å²) in [4.78, 5) is 14.8. The van der Waals surface area contributed by atoms with Crippen LogP contribution in [0.4, 0.5) is 10.2 Å². The molecule has 0 aromatic carbocycles. The molecule has 0 radical (unpaired) electrons. The number of nitrogens with zero attached hydrogens (tertiary/aromatic N) is 2. The summed E-state index contributed by atoms with van der Waals surface area (Å²) in [5.74, 6) is -1.06. The molecule has 80 valence electrons. The van der Waals surface area contributed by atoms with E-state index in [1.807, 2.05) is 0 Å². The van der Waals surface area contributed by atoms with E-state index in [9.17, 15) is 9.18 Å². The lowest BCUT2D eigenvalue weighted by molar-refractivity contribution is 0.507. The number of halogens is 1. The average Bonchev–Trinajstić information content (AvgIpc) is 2.58. The van der Waals surface area contributed by atoms with Crippen LogP contribution in [0.2, 0.25) is 0 Å². The van der Waals surface area contributed by atoms with Crippen LogP contribution in [0.25, 0.3) is 0 Å². The summed E-state index contributed by atoms with van der Waals surface area (Å²) in [5, 5.41) is 0. The molecular weight excluding hydrogens is 199 g/mol. The SMILES string of the molecule is Nc1nc(=O)n(C2C=CC(N)C2)cc1F. The number of nitrogen functional groups attached to an aromatic ring is 1. The molecule has 1 aliphatic carbocycles. The summed E-state index contributed by atoms with van der Waals surface area (Å²) in [6.45, 7) is 0. The van der Waals surface area contributed by atoms with E-state index in [0.717, 1.165) is 6.20 Å². The first kappa shape index (κ1) is 9.85. The van der Waals surface area contributed by atoms with Gasteiger partial charge in [0.1, 0.15) is 0 Å². The monoisotopic (exact) mass is 210 g/mol. The van der Waals surface area contributed by atoms with E-state index in [1.54, 1.807) is 12.2 Å². The van der Waals surface area contributed by atoms with Crippen LogP contribution >= 0.6 is 0 Å². The Labute approximate surface area is 85.2 Å². The van der Waals surface area contributed by atoms with E-state index < -0.39 is 11.5 Å². The minimum Gasteiger partial charge on any atom is -0.381 e. The average molecular weight is 210 g/mol. The molecule has 0 bridgehead atoms. The summed E-state index contributed by atoms with van der Waals surface area (Å²) < 4.78 is 14.3. The lowest BCUT2D eigenvalue weighted by Crippen LogP contribution is -2.28. The first-order chi connectivity index (χ1) is 7.08. The molecule has 0 fully saturated rings. The Balaban J connectivity index is 2.41. The fraction of sp³-hybridized carbons (Fsp3) is 0.333. The zero-order chi connectivity index (χ0) is 11.0. The maximum Gasteiger partial charge on any atom is 0.350 e. The lowest BCUT2D eigenvalue weighted by Gasteiger charge is -2.12. The Bertz CT molecular complexity index is 468. The molecule has 0 amide bonds. The van der Waals surface area contributed by atoms with Crippen molar-refractivity contribution >= 4 is 5.82 Å². The normalized spacial score (nSPS) is 24.7. The third-order valence-electron chi connectivity index (χ3n) is 2.39. The van der Waals surface area contributed by atoms with Crippen molar-refractivity contribution in [3.8, 4) is 0 Å². The van der Waals surface area contributed by atoms with Crippen molar-refractivity contribution in [2.24, 2.45) is 5.73 Å². The fourth-order valence-corrected chi connectivity index (χ4v) is 1.61. The summed E-state index contributed by atoms with van der Waals surface area (Å²) in [6.07, 6.45) is 5.19. The maximum absolute atomic E-state index is 13.1. The smallest absolute Gasteiger partial charge is 0.350 e. The van der Waals surface area contributed by atoms with Crippen molar-refractivity contribution in [3.05, 3.63) is 34.7 Å². The Morgan fingerprint density at radius 1 is 1.53 bits per heavy atom. The van der Waals surface area contributed by atoms with Gasteiger partial charge in [0.05, 0.1) is 6.04 Å². The van der Waals surface area contributed by atoms with Crippen LogP contribution in [-0.2, 0) is 0 Å². The first-order valence-electron chi connectivity index (χ1n) is 4.56. The molecule has 15 heavy (non-hydrogen) atoms. The van der Waals surface area contributed by atoms with Crippen LogP contribution < -0.4 is 17.2 Å². The number of rotatable bonds is 1. The van der Waals surface area contributed by atoms with Crippen LogP contribution in [0.5, 0.6) is 0 Å². The Morgan fingerprint density at radius 3 is 2.87 bits per heavy atom. The van der Waals surface area contributed by atoms with E-state index in [2.05, 4.69) is 4.98 Å². The molecule has 5 nitrogen and oxygen atoms in total. The van der Waals surface area contributed by atoms with Crippen molar-refractivity contribution in [1.82, 2.24) is 9.55 Å². The van der Waals surface area contributed by atoms with Crippen LogP contribution in [0.15, 0.2) is 23.1 Å². The van der Waals surface area contributed by atoms with Crippen molar-refractivity contribution in [2.45, 2.75) is 18.5 Å². The van der Waals surface area contributed by atoms with Gasteiger partial charge in [0.2, 0.25) is 0 Å². The molecule has 1 aromatic heterocycles. The van der Waals surface area contributed by atoms with Crippen molar-refractivity contribution in [2.75, 3.05) is 5.73 Å². The summed E-state index contributed by atoms with van der Waals surface area (Å²) in [5.41, 5.74) is 10.3. The van der Waals surface area contributed by atoms with Crippen molar-refractivity contribution in [1.29, 1.82) is 0 Å². The summed E-state index contributed by atoms with van der Waals surface area (Å²) >= 11 is 0. The minimum absolute atomic E-state index is 0.0949. The van der Waals surface area contributed by atoms with Crippen LogP contribution in [-0.4, -0.2) is 15.6 Å². The van der Waals surface area contributed by atoms with Crippen molar-refractivity contribution in [3.63, 3.8) is 0 Å². The second-order valence-corrected chi connectivity index (χ2v) is 3.52. The van der Waals surface area contributed by atoms with Gasteiger partial charge in [-0.2, -0.15) is 4.98 Å². The van der Waals surface area contributed by atoms with E-state index in [0.29, 0.717) is 6.42 Å². The standard InChI is InChI=1S/C9H11FN4O/c10-7-4-14(9(15)13-8(7)12)6-2-1-5(11)3-6/h1-2,4-6H,3,11H2,(H2,12,13,15). The van der Waals surface area contributed by atoms with Crippen LogP contribution in [0.1, 0.15) is 12.5 Å². The summed E-state index contributed by atoms with van der Waals surface area (Å²) in [6, 6.07) is -0.322. The zero-order valence-electron chi connectivity index (χ0n) is 7.93. The third-order valence-corrected chi connectivity index (χ3v) is 2.39. The van der Waals surface area contributed by atoms with Gasteiger partial charge in [0.25, 0.3) is 0 Å². The highest BCUT2D eigenvalue weighted by atomic mass is 19.1. The zero-order valence-corrected chi connectivity index (χ0v) is 7.93. The van der Waals surface area contributed by atoms with Crippen molar-refractivity contribution < 1.29 is 4.39 Å². The lowest BCUT2D eigenvalue weighted by atomic mass is 10.2. The Hall–Kier alpha value is -1.69. The van der Waals surface area contributed by atoms with E-state index in [1.165, 1.54) is 4.57 Å². The van der Waals surface area contributed by atoms with Gasteiger partial charge in [-0.05, 0) is 6.42 Å². The van der Waals surface area contributed by atoms with E-state index >= 15 is 0 Å². The van der Waals surface area contributed by atoms with Gasteiger partial charge in [-0.3, -0.25) is 4.57 Å². The van der Waals surface area contributed by atoms with Gasteiger partial charge in [-0.1, -0.05) is 12.2 Å². The number of aromatic nitrogens is 2. The number of allylic oxidation sites excluding steroid dienone is 1. The highest BCUT2D eigenvalue weighted by molar-refractivity contribution is 5.27. The van der Waals surface area contributed by atoms with Gasteiger partial charge in [0.15, 0.2) is 11.6 Å². The highest BCUT2D eigenvalue weighted by Crippen LogP contribution is 2.20. The summed E-state index contributed by atoms with van der Waals surface area (Å²) in [7, 11) is 0. The molecule has 6 heteroatoms. The molecule has 4 N–H and O–H groups in total. The predicted octanol–water partition coefficient (Wildman–Crippen LogP) is -0.207. The van der Waals surface area contributed by atoms with Gasteiger partial charge in [0, 0.05) is 12.2 Å². The molecule has 2 rings (SSSR count). The predicted molar refractivity (Wildman–Crippen MR) is 53.6 cm³/mol. The Kier molecular flexibility index (Phi) is 2.28. The molecule has 0 spiro atoms. The fourth-order valence-electron chi connectivity index (χ4n) is 1.61. The molecule has 0 saturated heterocycles. The van der Waals surface area contributed by atoms with E-state index in [4.69, 9.17) is 11.5 Å². The molecule has 2 atom stereocenters. The molecular formula is C9H11FN4O. The van der Waals surface area contributed by atoms with Gasteiger partial charge in [-0.25, -0.2) is 9.18 Å². The minimum atomic E-state index is -0.691. The number of hydrogen-bond donors (Lipinski definition) is 2. The molecule has 1 aliphatic rings. The molecule has 2 unspecified atom stereocenters. The van der Waals surface area contributed by atoms with E-state index in [-0.39, 0.29) is 17.9 Å². The van der Waals surface area contributed by atoms with Crippen LogP contribution in [0, 0.1) is 5.82 Å². The van der Waals surface area contributed by atoms with Crippen LogP contribution in [0.3, 0.4) is 0 Å². The molecule has 0 saturated carbocycles. The molecule has 0 aliphatic heterocycles. The van der Waals surface area contributed by atoms with Gasteiger partial charge >= 0.3 is 5.69 Å². The van der Waals surface area contributed by atoms with Gasteiger partial charge in [-0.15, -0.1) is 0 Å². The maximum atomic E-state index is 13.1. The number of hydrogen-bond acceptors (Lipinski definition) is 4. The second kappa shape index (κ2) is 3.47. The molecule has 1 aromatic rings.